The number of alkyl halides is 3. The lowest BCUT2D eigenvalue weighted by Crippen LogP contribution is -2.42. The highest BCUT2D eigenvalue weighted by Gasteiger charge is 2.49. The third kappa shape index (κ3) is 8.59. The molecule has 0 bridgehead atoms. The molecule has 1 aromatic carbocycles. The summed E-state index contributed by atoms with van der Waals surface area (Å²) >= 11 is 11.8. The predicted molar refractivity (Wildman–Crippen MR) is 125 cm³/mol. The second kappa shape index (κ2) is 12.8. The topological polar surface area (TPSA) is 141 Å². The van der Waals surface area contributed by atoms with Crippen molar-refractivity contribution in [3.63, 3.8) is 0 Å². The highest BCUT2D eigenvalue weighted by atomic mass is 35.5. The molecule has 0 aromatic heterocycles. The first-order valence-electron chi connectivity index (χ1n) is 10.7. The number of amidine groups is 1. The average molecular weight is 554 g/mol. The van der Waals surface area contributed by atoms with Crippen LogP contribution in [0.5, 0.6) is 5.75 Å². The lowest BCUT2D eigenvalue weighted by atomic mass is 10.0. The van der Waals surface area contributed by atoms with Gasteiger partial charge in [0, 0.05) is 23.9 Å². The van der Waals surface area contributed by atoms with E-state index in [1.54, 1.807) is 0 Å². The zero-order chi connectivity index (χ0) is 27.0. The summed E-state index contributed by atoms with van der Waals surface area (Å²) in [6, 6.07) is 1.40. The summed E-state index contributed by atoms with van der Waals surface area (Å²) in [6.45, 7) is 0.197. The molecular weight excluding hydrogens is 530 g/mol. The van der Waals surface area contributed by atoms with Crippen LogP contribution in [0.4, 0.5) is 13.2 Å². The number of halogens is 5. The molecule has 1 aliphatic rings. The van der Waals surface area contributed by atoms with E-state index in [9.17, 15) is 27.6 Å². The summed E-state index contributed by atoms with van der Waals surface area (Å²) in [7, 11) is 0. The number of benzene rings is 1. The summed E-state index contributed by atoms with van der Waals surface area (Å²) < 4.78 is 55.2. The number of amides is 1. The Bertz CT molecular complexity index is 1050. The quantitative estimate of drug-likeness (QED) is 0.123. The second-order valence-corrected chi connectivity index (χ2v) is 8.68. The molecule has 198 valence electrons. The number of nitrogens with one attached hydrogen (secondary N) is 2. The first-order valence-corrected chi connectivity index (χ1v) is 11.4. The maximum Gasteiger partial charge on any atom is 0.430 e. The Morgan fingerprint density at radius 3 is 2.50 bits per heavy atom. The number of rotatable bonds is 11. The number of ether oxygens (including phenoxy) is 3. The van der Waals surface area contributed by atoms with E-state index < -0.39 is 48.5 Å². The van der Waals surface area contributed by atoms with E-state index in [1.165, 1.54) is 19.1 Å². The number of esters is 2. The Labute approximate surface area is 214 Å². The van der Waals surface area contributed by atoms with Crippen molar-refractivity contribution < 1.29 is 41.8 Å². The summed E-state index contributed by atoms with van der Waals surface area (Å²) in [4.78, 5) is 36.2. The molecule has 0 saturated heterocycles. The molecule has 2 atom stereocenters. The van der Waals surface area contributed by atoms with Gasteiger partial charge in [0.05, 0.1) is 16.4 Å². The summed E-state index contributed by atoms with van der Waals surface area (Å²) in [5.74, 6) is -3.14. The number of nitrogens with two attached hydrogens (primary N) is 1. The van der Waals surface area contributed by atoms with Crippen LogP contribution in [0.2, 0.25) is 10.0 Å². The van der Waals surface area contributed by atoms with Gasteiger partial charge in [-0.25, -0.2) is 9.59 Å². The molecule has 36 heavy (non-hydrogen) atoms. The van der Waals surface area contributed by atoms with E-state index in [0.717, 1.165) is 6.08 Å². The van der Waals surface area contributed by atoms with E-state index in [4.69, 9.17) is 48.6 Å². The van der Waals surface area contributed by atoms with E-state index in [0.29, 0.717) is 25.7 Å². The van der Waals surface area contributed by atoms with Crippen molar-refractivity contribution in [1.29, 1.82) is 5.41 Å². The zero-order valence-corrected chi connectivity index (χ0v) is 20.6. The summed E-state index contributed by atoms with van der Waals surface area (Å²) in [5.41, 5.74) is 4.42. The Morgan fingerprint density at radius 2 is 1.89 bits per heavy atom. The van der Waals surface area contributed by atoms with Crippen molar-refractivity contribution >= 4 is 53.0 Å². The molecule has 1 aromatic rings. The number of hydrogen-bond donors (Lipinski definition) is 3. The van der Waals surface area contributed by atoms with Crippen LogP contribution in [0.3, 0.4) is 0 Å². The van der Waals surface area contributed by atoms with Gasteiger partial charge in [-0.15, -0.1) is 0 Å². The van der Waals surface area contributed by atoms with Gasteiger partial charge in [0.2, 0.25) is 18.8 Å². The third-order valence-corrected chi connectivity index (χ3v) is 5.39. The van der Waals surface area contributed by atoms with Gasteiger partial charge in [0.25, 0.3) is 0 Å². The predicted octanol–water partition coefficient (Wildman–Crippen LogP) is 4.14. The molecule has 1 amide bonds. The van der Waals surface area contributed by atoms with Crippen LogP contribution in [-0.2, 0) is 23.9 Å². The fourth-order valence-corrected chi connectivity index (χ4v) is 3.86. The molecule has 14 heteroatoms. The minimum atomic E-state index is -4.99. The first-order chi connectivity index (χ1) is 16.8. The van der Waals surface area contributed by atoms with Crippen LogP contribution in [-0.4, -0.2) is 48.8 Å². The summed E-state index contributed by atoms with van der Waals surface area (Å²) in [5, 5.41) is 9.52. The first kappa shape index (κ1) is 29.2. The van der Waals surface area contributed by atoms with Crippen LogP contribution in [0.25, 0.3) is 6.08 Å². The molecule has 0 aliphatic carbocycles. The van der Waals surface area contributed by atoms with E-state index in [1.807, 2.05) is 0 Å². The van der Waals surface area contributed by atoms with Gasteiger partial charge in [-0.3, -0.25) is 10.2 Å². The van der Waals surface area contributed by atoms with Crippen molar-refractivity contribution in [3.8, 4) is 5.75 Å². The Balaban J connectivity index is 2.03. The van der Waals surface area contributed by atoms with Gasteiger partial charge in [0.1, 0.15) is 11.8 Å². The molecule has 1 unspecified atom stereocenters. The molecular formula is C22H24Cl2F3N3O6. The fourth-order valence-electron chi connectivity index (χ4n) is 3.31. The van der Waals surface area contributed by atoms with Crippen molar-refractivity contribution in [3.05, 3.63) is 33.3 Å². The third-order valence-electron chi connectivity index (χ3n) is 4.89. The molecule has 0 radical (unpaired) electrons. The van der Waals surface area contributed by atoms with Gasteiger partial charge in [-0.05, 0) is 31.1 Å². The van der Waals surface area contributed by atoms with Crippen LogP contribution < -0.4 is 15.8 Å². The average Bonchev–Trinajstić information content (AvgIpc) is 2.75. The molecule has 9 nitrogen and oxygen atoms in total. The standard InChI is InChI=1S/C22H24Cl2F3N3O6/c1-11(31)30-16(5-3-2-4-6-17(28)29)21(33)35-10-34-20(32)14-8-12-7-13(23)9-15(24)18(12)36-19(14)22(25,26)27/h7-9,16,19H,2-6,10H2,1H3,(H3,28,29)(H,30,31)/t16-,19?/m0/s1. The van der Waals surface area contributed by atoms with Crippen LogP contribution >= 0.6 is 23.2 Å². The smallest absolute Gasteiger partial charge is 0.430 e. The molecule has 0 saturated carbocycles. The van der Waals surface area contributed by atoms with Crippen molar-refractivity contribution in [2.24, 2.45) is 5.73 Å². The Morgan fingerprint density at radius 1 is 1.19 bits per heavy atom. The Hall–Kier alpha value is -2.99. The number of carbonyl (C=O) groups excluding carboxylic acids is 3. The van der Waals surface area contributed by atoms with Crippen LogP contribution in [0, 0.1) is 5.41 Å². The molecule has 1 heterocycles. The van der Waals surface area contributed by atoms with Gasteiger partial charge < -0.3 is 25.3 Å². The second-order valence-electron chi connectivity index (χ2n) is 7.84. The molecule has 0 fully saturated rings. The summed E-state index contributed by atoms with van der Waals surface area (Å²) in [6.07, 6.45) is -4.44. The van der Waals surface area contributed by atoms with E-state index in [-0.39, 0.29) is 33.6 Å². The SMILES string of the molecule is CC(=O)N[C@@H](CCCCCC(=N)N)C(=O)OCOC(=O)C1=Cc2cc(Cl)cc(Cl)c2OC1C(F)(F)F. The van der Waals surface area contributed by atoms with Gasteiger partial charge in [-0.1, -0.05) is 36.0 Å². The van der Waals surface area contributed by atoms with Gasteiger partial charge in [0.15, 0.2) is 0 Å². The zero-order valence-electron chi connectivity index (χ0n) is 19.0. The van der Waals surface area contributed by atoms with Crippen molar-refractivity contribution in [2.75, 3.05) is 6.79 Å². The maximum atomic E-state index is 13.6. The van der Waals surface area contributed by atoms with Crippen molar-refractivity contribution in [2.45, 2.75) is 57.3 Å². The monoisotopic (exact) mass is 553 g/mol. The highest BCUT2D eigenvalue weighted by molar-refractivity contribution is 6.36. The molecule has 4 N–H and O–H groups in total. The number of carbonyl (C=O) groups is 3. The van der Waals surface area contributed by atoms with Crippen molar-refractivity contribution in [1.82, 2.24) is 5.32 Å². The molecule has 0 spiro atoms. The lowest BCUT2D eigenvalue weighted by molar-refractivity contribution is -0.190. The fraction of sp³-hybridized carbons (Fsp3) is 0.455. The highest BCUT2D eigenvalue weighted by Crippen LogP contribution is 2.42. The van der Waals surface area contributed by atoms with Gasteiger partial charge >= 0.3 is 18.1 Å². The normalized spacial score (nSPS) is 15.6. The molecule has 1 aliphatic heterocycles. The lowest BCUT2D eigenvalue weighted by Gasteiger charge is -2.28. The number of hydrogen-bond acceptors (Lipinski definition) is 7. The number of unbranched alkanes of at least 4 members (excludes halogenated alkanes) is 2. The van der Waals surface area contributed by atoms with Crippen LogP contribution in [0.15, 0.2) is 17.7 Å². The maximum absolute atomic E-state index is 13.6. The van der Waals surface area contributed by atoms with Gasteiger partial charge in [-0.2, -0.15) is 13.2 Å². The Kier molecular flexibility index (Phi) is 10.4. The van der Waals surface area contributed by atoms with E-state index in [2.05, 4.69) is 5.32 Å². The van der Waals surface area contributed by atoms with E-state index >= 15 is 0 Å². The minimum absolute atomic E-state index is 0.0347. The minimum Gasteiger partial charge on any atom is -0.474 e. The van der Waals surface area contributed by atoms with Crippen LogP contribution in [0.1, 0.15) is 44.6 Å². The molecule has 2 rings (SSSR count). The largest absolute Gasteiger partial charge is 0.474 e. The number of fused-ring (bicyclic) bond motifs is 1.